The summed E-state index contributed by atoms with van der Waals surface area (Å²) in [5.74, 6) is 0.553. The van der Waals surface area contributed by atoms with Crippen molar-refractivity contribution in [3.05, 3.63) is 64.1 Å². The van der Waals surface area contributed by atoms with Crippen molar-refractivity contribution in [2.45, 2.75) is 25.9 Å². The number of hydrogen-bond donors (Lipinski definition) is 1. The van der Waals surface area contributed by atoms with E-state index in [2.05, 4.69) is 64.6 Å². The van der Waals surface area contributed by atoms with Crippen molar-refractivity contribution in [1.29, 1.82) is 0 Å². The van der Waals surface area contributed by atoms with E-state index >= 15 is 0 Å². The van der Waals surface area contributed by atoms with Gasteiger partial charge in [0.05, 0.1) is 6.61 Å². The van der Waals surface area contributed by atoms with Gasteiger partial charge in [0, 0.05) is 29.4 Å². The van der Waals surface area contributed by atoms with E-state index in [9.17, 15) is 0 Å². The van der Waals surface area contributed by atoms with Crippen LogP contribution in [0.5, 0.6) is 0 Å². The number of hydrogen-bond acceptors (Lipinski definition) is 2. The molecule has 0 saturated heterocycles. The molecule has 0 fully saturated rings. The number of anilines is 1. The van der Waals surface area contributed by atoms with Gasteiger partial charge in [-0.3, -0.25) is 0 Å². The highest BCUT2D eigenvalue weighted by molar-refractivity contribution is 9.10. The van der Waals surface area contributed by atoms with Crippen molar-refractivity contribution in [2.24, 2.45) is 0 Å². The molecular weight excluding hydrogens is 326 g/mol. The second-order valence-corrected chi connectivity index (χ2v) is 6.08. The molecular formula is C18H22BrNO. The average molecular weight is 348 g/mol. The smallest absolute Gasteiger partial charge is 0.0744 e. The monoisotopic (exact) mass is 347 g/mol. The highest BCUT2D eigenvalue weighted by Crippen LogP contribution is 2.26. The molecule has 2 nitrogen and oxygen atoms in total. The van der Waals surface area contributed by atoms with Crippen LogP contribution in [-0.2, 0) is 11.3 Å². The Morgan fingerprint density at radius 1 is 1.10 bits per heavy atom. The fourth-order valence-corrected chi connectivity index (χ4v) is 2.87. The Kier molecular flexibility index (Phi) is 6.27. The van der Waals surface area contributed by atoms with E-state index in [-0.39, 0.29) is 0 Å². The van der Waals surface area contributed by atoms with Crippen LogP contribution in [0, 0.1) is 0 Å². The zero-order valence-corrected chi connectivity index (χ0v) is 14.2. The van der Waals surface area contributed by atoms with Crippen LogP contribution in [0.3, 0.4) is 0 Å². The second-order valence-electron chi connectivity index (χ2n) is 5.23. The zero-order chi connectivity index (χ0) is 15.1. The van der Waals surface area contributed by atoms with Crippen molar-refractivity contribution < 1.29 is 4.74 Å². The van der Waals surface area contributed by atoms with E-state index in [0.717, 1.165) is 23.1 Å². The Labute approximate surface area is 135 Å². The van der Waals surface area contributed by atoms with Gasteiger partial charge in [-0.05, 0) is 30.0 Å². The molecule has 112 valence electrons. The van der Waals surface area contributed by atoms with E-state index in [1.807, 2.05) is 12.1 Å². The Morgan fingerprint density at radius 3 is 2.57 bits per heavy atom. The molecule has 0 aliphatic rings. The normalized spacial score (nSPS) is 12.1. The van der Waals surface area contributed by atoms with Gasteiger partial charge < -0.3 is 10.1 Å². The molecule has 0 saturated carbocycles. The molecule has 3 heteroatoms. The minimum atomic E-state index is 0.553. The lowest BCUT2D eigenvalue weighted by Gasteiger charge is -2.16. The molecule has 0 spiro atoms. The van der Waals surface area contributed by atoms with Gasteiger partial charge in [0.2, 0.25) is 0 Å². The van der Waals surface area contributed by atoms with Crippen molar-refractivity contribution >= 4 is 21.6 Å². The fourth-order valence-electron chi connectivity index (χ4n) is 2.39. The van der Waals surface area contributed by atoms with E-state index in [1.54, 1.807) is 7.11 Å². The van der Waals surface area contributed by atoms with E-state index in [4.69, 9.17) is 4.74 Å². The number of benzene rings is 2. The molecule has 0 aliphatic carbocycles. The lowest BCUT2D eigenvalue weighted by molar-refractivity contribution is 0.185. The van der Waals surface area contributed by atoms with Gasteiger partial charge >= 0.3 is 0 Å². The third-order valence-corrected chi connectivity index (χ3v) is 4.41. The average Bonchev–Trinajstić information content (AvgIpc) is 2.51. The number of rotatable bonds is 7. The summed E-state index contributed by atoms with van der Waals surface area (Å²) in [7, 11) is 1.72. The number of methoxy groups -OCH3 is 1. The Balaban J connectivity index is 1.93. The van der Waals surface area contributed by atoms with Crippen molar-refractivity contribution in [3.63, 3.8) is 0 Å². The van der Waals surface area contributed by atoms with Crippen LogP contribution < -0.4 is 5.32 Å². The van der Waals surface area contributed by atoms with Crippen molar-refractivity contribution in [2.75, 3.05) is 19.0 Å². The maximum Gasteiger partial charge on any atom is 0.0744 e. The molecule has 2 rings (SSSR count). The zero-order valence-electron chi connectivity index (χ0n) is 12.6. The Hall–Kier alpha value is -1.32. The molecule has 0 radical (unpaired) electrons. The minimum Gasteiger partial charge on any atom is -0.385 e. The minimum absolute atomic E-state index is 0.553. The summed E-state index contributed by atoms with van der Waals surface area (Å²) in [4.78, 5) is 0. The van der Waals surface area contributed by atoms with E-state index < -0.39 is 0 Å². The molecule has 0 bridgehead atoms. The number of halogens is 1. The first-order valence-electron chi connectivity index (χ1n) is 7.27. The maximum atomic E-state index is 5.28. The highest BCUT2D eigenvalue weighted by Gasteiger charge is 2.08. The quantitative estimate of drug-likeness (QED) is 0.742. The summed E-state index contributed by atoms with van der Waals surface area (Å²) < 4.78 is 6.36. The van der Waals surface area contributed by atoms with Crippen LogP contribution in [-0.4, -0.2) is 13.7 Å². The fraction of sp³-hybridized carbons (Fsp3) is 0.333. The lowest BCUT2D eigenvalue weighted by Crippen LogP contribution is -2.08. The van der Waals surface area contributed by atoms with Crippen LogP contribution >= 0.6 is 15.9 Å². The van der Waals surface area contributed by atoms with Crippen LogP contribution in [0.25, 0.3) is 0 Å². The summed E-state index contributed by atoms with van der Waals surface area (Å²) in [5, 5.41) is 3.53. The first-order chi connectivity index (χ1) is 10.2. The maximum absolute atomic E-state index is 5.28. The Bertz CT molecular complexity index is 556. The highest BCUT2D eigenvalue weighted by atomic mass is 79.9. The summed E-state index contributed by atoms with van der Waals surface area (Å²) in [5.41, 5.74) is 3.71. The van der Waals surface area contributed by atoms with Gasteiger partial charge in [-0.2, -0.15) is 0 Å². The first-order valence-corrected chi connectivity index (χ1v) is 8.06. The van der Waals surface area contributed by atoms with Crippen LogP contribution in [0.4, 0.5) is 5.69 Å². The van der Waals surface area contributed by atoms with Gasteiger partial charge in [-0.1, -0.05) is 59.3 Å². The molecule has 1 N–H and O–H groups in total. The van der Waals surface area contributed by atoms with Crippen molar-refractivity contribution in [3.8, 4) is 0 Å². The number of ether oxygens (including phenoxy) is 1. The summed E-state index contributed by atoms with van der Waals surface area (Å²) in [6.07, 6.45) is 1.10. The second kappa shape index (κ2) is 8.20. The van der Waals surface area contributed by atoms with Crippen LogP contribution in [0.2, 0.25) is 0 Å². The first kappa shape index (κ1) is 16.1. The van der Waals surface area contributed by atoms with E-state index in [0.29, 0.717) is 12.5 Å². The lowest BCUT2D eigenvalue weighted by atomic mass is 9.98. The molecule has 2 aromatic carbocycles. The van der Waals surface area contributed by atoms with Gasteiger partial charge in [0.15, 0.2) is 0 Å². The summed E-state index contributed by atoms with van der Waals surface area (Å²) in [6, 6.07) is 16.9. The molecule has 0 amide bonds. The van der Waals surface area contributed by atoms with Gasteiger partial charge in [0.25, 0.3) is 0 Å². The molecule has 0 aliphatic heterocycles. The van der Waals surface area contributed by atoms with Crippen LogP contribution in [0.1, 0.15) is 30.4 Å². The van der Waals surface area contributed by atoms with Crippen LogP contribution in [0.15, 0.2) is 53.0 Å². The van der Waals surface area contributed by atoms with Gasteiger partial charge in [-0.15, -0.1) is 0 Å². The third-order valence-electron chi connectivity index (χ3n) is 3.67. The number of nitrogens with one attached hydrogen (secondary N) is 1. The topological polar surface area (TPSA) is 21.3 Å². The van der Waals surface area contributed by atoms with Crippen molar-refractivity contribution in [1.82, 2.24) is 0 Å². The standard InChI is InChI=1S/C18H22BrNO/c1-14(15-7-4-3-5-8-15)11-12-20-18-10-6-9-17(19)16(18)13-21-2/h3-10,14,20H,11-13H2,1-2H3. The molecule has 1 unspecified atom stereocenters. The predicted octanol–water partition coefficient (Wildman–Crippen LogP) is 5.20. The molecule has 1 atom stereocenters. The third kappa shape index (κ3) is 4.58. The largest absolute Gasteiger partial charge is 0.385 e. The van der Waals surface area contributed by atoms with Gasteiger partial charge in [-0.25, -0.2) is 0 Å². The van der Waals surface area contributed by atoms with Gasteiger partial charge in [0.1, 0.15) is 0 Å². The SMILES string of the molecule is COCc1c(Br)cccc1NCCC(C)c1ccccc1. The molecule has 0 heterocycles. The Morgan fingerprint density at radius 2 is 1.86 bits per heavy atom. The molecule has 21 heavy (non-hydrogen) atoms. The molecule has 0 aromatic heterocycles. The summed E-state index contributed by atoms with van der Waals surface area (Å²) in [6.45, 7) is 3.83. The summed E-state index contributed by atoms with van der Waals surface area (Å²) >= 11 is 3.59. The predicted molar refractivity (Wildman–Crippen MR) is 92.8 cm³/mol. The van der Waals surface area contributed by atoms with E-state index in [1.165, 1.54) is 11.1 Å². The molecule has 2 aromatic rings.